The lowest BCUT2D eigenvalue weighted by atomic mass is 9.98. The Hall–Kier alpha value is -1.02. The summed E-state index contributed by atoms with van der Waals surface area (Å²) in [5, 5.41) is 7.04. The summed E-state index contributed by atoms with van der Waals surface area (Å²) in [5.41, 5.74) is 4.46. The molecule has 1 aromatic rings. The van der Waals surface area contributed by atoms with Crippen LogP contribution in [-0.2, 0) is 12.8 Å². The van der Waals surface area contributed by atoms with Crippen molar-refractivity contribution in [3.63, 3.8) is 0 Å². The molecule has 1 saturated heterocycles. The quantitative estimate of drug-likeness (QED) is 0.834. The Bertz CT molecular complexity index is 381. The molecule has 1 aromatic carbocycles. The molecule has 17 heavy (non-hydrogen) atoms. The third kappa shape index (κ3) is 2.63. The van der Waals surface area contributed by atoms with Crippen molar-refractivity contribution in [1.82, 2.24) is 5.32 Å². The summed E-state index contributed by atoms with van der Waals surface area (Å²) in [4.78, 5) is 0. The van der Waals surface area contributed by atoms with E-state index in [9.17, 15) is 0 Å². The van der Waals surface area contributed by atoms with Crippen LogP contribution in [0.2, 0.25) is 0 Å². The molecule has 0 aromatic heterocycles. The van der Waals surface area contributed by atoms with Gasteiger partial charge >= 0.3 is 0 Å². The third-order valence-electron chi connectivity index (χ3n) is 4.15. The van der Waals surface area contributed by atoms with E-state index in [0.717, 1.165) is 12.5 Å². The number of aryl methyl sites for hydroxylation is 2. The fourth-order valence-electron chi connectivity index (χ4n) is 3.03. The molecule has 0 atom stereocenters. The Morgan fingerprint density at radius 3 is 2.82 bits per heavy atom. The van der Waals surface area contributed by atoms with Gasteiger partial charge in [-0.2, -0.15) is 0 Å². The molecule has 3 rings (SSSR count). The van der Waals surface area contributed by atoms with Crippen LogP contribution in [0.5, 0.6) is 0 Å². The molecule has 0 radical (unpaired) electrons. The summed E-state index contributed by atoms with van der Waals surface area (Å²) in [6, 6.07) is 6.93. The lowest BCUT2D eigenvalue weighted by Gasteiger charge is -2.23. The van der Waals surface area contributed by atoms with Gasteiger partial charge in [0.2, 0.25) is 0 Å². The van der Waals surface area contributed by atoms with Crippen LogP contribution in [0.25, 0.3) is 0 Å². The molecule has 92 valence electrons. The summed E-state index contributed by atoms with van der Waals surface area (Å²) >= 11 is 0. The van der Waals surface area contributed by atoms with Gasteiger partial charge in [0.1, 0.15) is 0 Å². The first kappa shape index (κ1) is 11.1. The maximum atomic E-state index is 3.62. The van der Waals surface area contributed by atoms with Crippen molar-refractivity contribution in [2.75, 3.05) is 25.0 Å². The minimum Gasteiger partial charge on any atom is -0.385 e. The highest BCUT2D eigenvalue weighted by atomic mass is 14.9. The van der Waals surface area contributed by atoms with E-state index in [1.807, 2.05) is 0 Å². The van der Waals surface area contributed by atoms with E-state index in [0.29, 0.717) is 0 Å². The number of fused-ring (bicyclic) bond motifs is 1. The highest BCUT2D eigenvalue weighted by Gasteiger charge is 2.14. The molecule has 2 N–H and O–H groups in total. The van der Waals surface area contributed by atoms with E-state index < -0.39 is 0 Å². The minimum absolute atomic E-state index is 0.851. The molecule has 1 aliphatic carbocycles. The van der Waals surface area contributed by atoms with Gasteiger partial charge in [0.15, 0.2) is 0 Å². The van der Waals surface area contributed by atoms with Gasteiger partial charge in [-0.05, 0) is 74.4 Å². The van der Waals surface area contributed by atoms with Gasteiger partial charge in [-0.15, -0.1) is 0 Å². The molecule has 1 aliphatic heterocycles. The van der Waals surface area contributed by atoms with E-state index in [1.54, 1.807) is 11.1 Å². The number of rotatable bonds is 3. The third-order valence-corrected chi connectivity index (χ3v) is 4.15. The molecule has 0 amide bonds. The van der Waals surface area contributed by atoms with Gasteiger partial charge < -0.3 is 10.6 Å². The average molecular weight is 230 g/mol. The van der Waals surface area contributed by atoms with Crippen LogP contribution in [-0.4, -0.2) is 19.6 Å². The highest BCUT2D eigenvalue weighted by molar-refractivity contribution is 5.50. The average Bonchev–Trinajstić information content (AvgIpc) is 2.85. The Balaban J connectivity index is 1.57. The van der Waals surface area contributed by atoms with Gasteiger partial charge in [0.25, 0.3) is 0 Å². The maximum absolute atomic E-state index is 3.62. The highest BCUT2D eigenvalue weighted by Crippen LogP contribution is 2.25. The first-order chi connectivity index (χ1) is 8.42. The van der Waals surface area contributed by atoms with Crippen molar-refractivity contribution < 1.29 is 0 Å². The first-order valence-corrected chi connectivity index (χ1v) is 6.98. The lowest BCUT2D eigenvalue weighted by Crippen LogP contribution is -2.31. The van der Waals surface area contributed by atoms with Crippen molar-refractivity contribution in [2.24, 2.45) is 5.92 Å². The van der Waals surface area contributed by atoms with Crippen molar-refractivity contribution >= 4 is 5.69 Å². The van der Waals surface area contributed by atoms with Crippen LogP contribution in [0.4, 0.5) is 5.69 Å². The molecule has 2 aliphatic rings. The zero-order chi connectivity index (χ0) is 11.5. The normalized spacial score (nSPS) is 20.2. The maximum Gasteiger partial charge on any atom is 0.0343 e. The second kappa shape index (κ2) is 5.09. The number of hydrogen-bond acceptors (Lipinski definition) is 2. The van der Waals surface area contributed by atoms with Crippen molar-refractivity contribution in [2.45, 2.75) is 32.1 Å². The van der Waals surface area contributed by atoms with E-state index in [4.69, 9.17) is 0 Å². The second-order valence-electron chi connectivity index (χ2n) is 5.41. The number of nitrogens with one attached hydrogen (secondary N) is 2. The fourth-order valence-corrected chi connectivity index (χ4v) is 3.03. The number of anilines is 1. The SMILES string of the molecule is c1cc2c(cc1NCC1CCNCC1)CCC2. The topological polar surface area (TPSA) is 24.1 Å². The van der Waals surface area contributed by atoms with Crippen molar-refractivity contribution in [1.29, 1.82) is 0 Å². The molecule has 0 unspecified atom stereocenters. The largest absolute Gasteiger partial charge is 0.385 e. The Labute approximate surface area is 104 Å². The van der Waals surface area contributed by atoms with Crippen molar-refractivity contribution in [3.8, 4) is 0 Å². The number of benzene rings is 1. The molecular formula is C15H22N2. The van der Waals surface area contributed by atoms with E-state index in [1.165, 1.54) is 50.9 Å². The number of hydrogen-bond donors (Lipinski definition) is 2. The van der Waals surface area contributed by atoms with Crippen molar-refractivity contribution in [3.05, 3.63) is 29.3 Å². The zero-order valence-electron chi connectivity index (χ0n) is 10.5. The monoisotopic (exact) mass is 230 g/mol. The summed E-state index contributed by atoms with van der Waals surface area (Å²) in [5.74, 6) is 0.851. The molecule has 0 bridgehead atoms. The predicted octanol–water partition coefficient (Wildman–Crippen LogP) is 2.59. The van der Waals surface area contributed by atoms with Gasteiger partial charge in [-0.3, -0.25) is 0 Å². The standard InChI is InChI=1S/C15H22N2/c1-2-13-4-5-15(10-14(13)3-1)17-11-12-6-8-16-9-7-12/h4-5,10,12,16-17H,1-3,6-9,11H2. The Morgan fingerprint density at radius 1 is 1.12 bits per heavy atom. The molecular weight excluding hydrogens is 208 g/mol. The van der Waals surface area contributed by atoms with Crippen LogP contribution < -0.4 is 10.6 Å². The van der Waals surface area contributed by atoms with Crippen LogP contribution in [0.3, 0.4) is 0 Å². The molecule has 1 heterocycles. The van der Waals surface area contributed by atoms with Gasteiger partial charge in [0.05, 0.1) is 0 Å². The van der Waals surface area contributed by atoms with Crippen LogP contribution in [0, 0.1) is 5.92 Å². The van der Waals surface area contributed by atoms with Gasteiger partial charge in [0, 0.05) is 12.2 Å². The lowest BCUT2D eigenvalue weighted by molar-refractivity contribution is 0.390. The Morgan fingerprint density at radius 2 is 1.94 bits per heavy atom. The van der Waals surface area contributed by atoms with E-state index >= 15 is 0 Å². The van der Waals surface area contributed by atoms with Gasteiger partial charge in [-0.25, -0.2) is 0 Å². The fraction of sp³-hybridized carbons (Fsp3) is 0.600. The minimum atomic E-state index is 0.851. The van der Waals surface area contributed by atoms with Crippen LogP contribution >= 0.6 is 0 Å². The molecule has 0 saturated carbocycles. The van der Waals surface area contributed by atoms with E-state index in [2.05, 4.69) is 28.8 Å². The predicted molar refractivity (Wildman–Crippen MR) is 72.6 cm³/mol. The molecule has 2 nitrogen and oxygen atoms in total. The van der Waals surface area contributed by atoms with E-state index in [-0.39, 0.29) is 0 Å². The summed E-state index contributed by atoms with van der Waals surface area (Å²) < 4.78 is 0. The van der Waals surface area contributed by atoms with Crippen LogP contribution in [0.15, 0.2) is 18.2 Å². The first-order valence-electron chi connectivity index (χ1n) is 6.98. The Kier molecular flexibility index (Phi) is 3.32. The van der Waals surface area contributed by atoms with Crippen LogP contribution in [0.1, 0.15) is 30.4 Å². The molecule has 1 fully saturated rings. The summed E-state index contributed by atoms with van der Waals surface area (Å²) in [7, 11) is 0. The van der Waals surface area contributed by atoms with Gasteiger partial charge in [-0.1, -0.05) is 6.07 Å². The molecule has 2 heteroatoms. The smallest absolute Gasteiger partial charge is 0.0343 e. The second-order valence-corrected chi connectivity index (χ2v) is 5.41. The molecule has 0 spiro atoms. The summed E-state index contributed by atoms with van der Waals surface area (Å²) in [6.45, 7) is 3.52. The number of piperidine rings is 1. The zero-order valence-corrected chi connectivity index (χ0v) is 10.5. The summed E-state index contributed by atoms with van der Waals surface area (Å²) in [6.07, 6.45) is 6.53.